The molecule has 0 saturated carbocycles. The average Bonchev–Trinajstić information content (AvgIpc) is 2.74. The van der Waals surface area contributed by atoms with E-state index in [1.54, 1.807) is 23.1 Å². The van der Waals surface area contributed by atoms with Crippen LogP contribution in [0.1, 0.15) is 12.0 Å². The van der Waals surface area contributed by atoms with Crippen LogP contribution < -0.4 is 10.1 Å². The molecule has 21 heavy (non-hydrogen) atoms. The molecule has 0 aromatic heterocycles. The Labute approximate surface area is 130 Å². The molecule has 0 aliphatic carbocycles. The van der Waals surface area contributed by atoms with Crippen LogP contribution in [0.25, 0.3) is 6.08 Å². The molecule has 2 rings (SSSR count). The van der Waals surface area contributed by atoms with Crippen molar-refractivity contribution in [3.05, 3.63) is 35.7 Å². The first-order chi connectivity index (χ1) is 9.70. The summed E-state index contributed by atoms with van der Waals surface area (Å²) in [5.41, 5.74) is 0.643. The molecule has 1 aromatic carbocycles. The van der Waals surface area contributed by atoms with Gasteiger partial charge in [-0.1, -0.05) is 6.07 Å². The predicted molar refractivity (Wildman–Crippen MR) is 83.3 cm³/mol. The maximum absolute atomic E-state index is 13.5. The average molecular weight is 315 g/mol. The third-order valence-electron chi connectivity index (χ3n) is 3.25. The van der Waals surface area contributed by atoms with Crippen LogP contribution in [-0.2, 0) is 4.79 Å². The zero-order valence-electron chi connectivity index (χ0n) is 12.0. The highest BCUT2D eigenvalue weighted by Crippen LogP contribution is 2.18. The monoisotopic (exact) mass is 314 g/mol. The third kappa shape index (κ3) is 5.02. The summed E-state index contributed by atoms with van der Waals surface area (Å²) in [6.07, 6.45) is 4.08. The van der Waals surface area contributed by atoms with Crippen LogP contribution >= 0.6 is 12.4 Å². The Morgan fingerprint density at radius 2 is 2.19 bits per heavy atom. The van der Waals surface area contributed by atoms with E-state index in [4.69, 9.17) is 4.74 Å². The van der Waals surface area contributed by atoms with Crippen molar-refractivity contribution in [2.45, 2.75) is 6.42 Å². The maximum Gasteiger partial charge on any atom is 0.246 e. The van der Waals surface area contributed by atoms with E-state index in [1.807, 2.05) is 0 Å². The molecule has 0 unspecified atom stereocenters. The zero-order chi connectivity index (χ0) is 14.4. The molecule has 0 radical (unpaired) electrons. The molecule has 1 N–H and O–H groups in total. The molecule has 4 nitrogen and oxygen atoms in total. The highest BCUT2D eigenvalue weighted by atomic mass is 35.5. The molecule has 1 aromatic rings. The Bertz CT molecular complexity index is 500. The molecule has 1 heterocycles. The van der Waals surface area contributed by atoms with Crippen LogP contribution in [0, 0.1) is 5.82 Å². The van der Waals surface area contributed by atoms with E-state index in [9.17, 15) is 9.18 Å². The summed E-state index contributed by atoms with van der Waals surface area (Å²) in [6, 6.07) is 4.62. The van der Waals surface area contributed by atoms with Gasteiger partial charge >= 0.3 is 0 Å². The molecule has 1 aliphatic heterocycles. The van der Waals surface area contributed by atoms with E-state index in [0.29, 0.717) is 12.1 Å². The zero-order valence-corrected chi connectivity index (χ0v) is 12.8. The standard InChI is InChI=1S/C15H19FN2O2.ClH/c1-20-14-5-3-12(11-13(14)16)4-6-15(19)18-9-2-7-17-8-10-18;/h3-6,11,17H,2,7-10H2,1H3;1H/b6-4+;. The molecule has 0 bridgehead atoms. The summed E-state index contributed by atoms with van der Waals surface area (Å²) < 4.78 is 18.4. The van der Waals surface area contributed by atoms with Gasteiger partial charge in [0.15, 0.2) is 11.6 Å². The lowest BCUT2D eigenvalue weighted by Crippen LogP contribution is -2.32. The fourth-order valence-electron chi connectivity index (χ4n) is 2.13. The smallest absolute Gasteiger partial charge is 0.246 e. The highest BCUT2D eigenvalue weighted by molar-refractivity contribution is 5.91. The van der Waals surface area contributed by atoms with Gasteiger partial charge in [0.05, 0.1) is 7.11 Å². The van der Waals surface area contributed by atoms with Crippen molar-refractivity contribution in [1.82, 2.24) is 10.2 Å². The number of nitrogens with one attached hydrogen (secondary N) is 1. The number of carbonyl (C=O) groups is 1. The number of benzene rings is 1. The second-order valence-electron chi connectivity index (χ2n) is 4.66. The molecular weight excluding hydrogens is 295 g/mol. The molecule has 1 fully saturated rings. The van der Waals surface area contributed by atoms with Crippen molar-refractivity contribution >= 4 is 24.4 Å². The number of methoxy groups -OCH3 is 1. The van der Waals surface area contributed by atoms with Crippen LogP contribution in [0.5, 0.6) is 5.75 Å². The summed E-state index contributed by atoms with van der Waals surface area (Å²) >= 11 is 0. The number of hydrogen-bond acceptors (Lipinski definition) is 3. The molecule has 116 valence electrons. The first-order valence-corrected chi connectivity index (χ1v) is 6.72. The van der Waals surface area contributed by atoms with Crippen molar-refractivity contribution < 1.29 is 13.9 Å². The largest absolute Gasteiger partial charge is 0.494 e. The lowest BCUT2D eigenvalue weighted by Gasteiger charge is -2.17. The van der Waals surface area contributed by atoms with E-state index in [1.165, 1.54) is 19.3 Å². The van der Waals surface area contributed by atoms with Crippen molar-refractivity contribution in [3.63, 3.8) is 0 Å². The lowest BCUT2D eigenvalue weighted by molar-refractivity contribution is -0.125. The van der Waals surface area contributed by atoms with Gasteiger partial charge in [0.1, 0.15) is 0 Å². The minimum absolute atomic E-state index is 0. The van der Waals surface area contributed by atoms with Gasteiger partial charge in [-0.2, -0.15) is 0 Å². The molecule has 0 spiro atoms. The molecular formula is C15H20ClFN2O2. The van der Waals surface area contributed by atoms with Gasteiger partial charge in [-0.25, -0.2) is 4.39 Å². The molecule has 0 atom stereocenters. The van der Waals surface area contributed by atoms with Crippen molar-refractivity contribution in [2.24, 2.45) is 0 Å². The van der Waals surface area contributed by atoms with Gasteiger partial charge in [0.25, 0.3) is 0 Å². The number of rotatable bonds is 3. The molecule has 1 aliphatic rings. The SMILES string of the molecule is COc1ccc(/C=C/C(=O)N2CCCNCC2)cc1F.Cl. The van der Waals surface area contributed by atoms with Crippen molar-refractivity contribution in [2.75, 3.05) is 33.3 Å². The minimum atomic E-state index is -0.430. The summed E-state index contributed by atoms with van der Waals surface area (Å²) in [4.78, 5) is 13.8. The van der Waals surface area contributed by atoms with Crippen LogP contribution in [0.4, 0.5) is 4.39 Å². The van der Waals surface area contributed by atoms with Crippen molar-refractivity contribution in [1.29, 1.82) is 0 Å². The number of nitrogens with zero attached hydrogens (tertiary/aromatic N) is 1. The van der Waals surface area contributed by atoms with Gasteiger partial charge < -0.3 is 15.0 Å². The Morgan fingerprint density at radius 1 is 1.38 bits per heavy atom. The van der Waals surface area contributed by atoms with Gasteiger partial charge in [0.2, 0.25) is 5.91 Å². The van der Waals surface area contributed by atoms with Crippen molar-refractivity contribution in [3.8, 4) is 5.75 Å². The second kappa shape index (κ2) is 8.64. The Hall–Kier alpha value is -1.59. The first-order valence-electron chi connectivity index (χ1n) is 6.72. The molecule has 1 saturated heterocycles. The second-order valence-corrected chi connectivity index (χ2v) is 4.66. The fourth-order valence-corrected chi connectivity index (χ4v) is 2.13. The fraction of sp³-hybridized carbons (Fsp3) is 0.400. The van der Waals surface area contributed by atoms with E-state index in [2.05, 4.69) is 5.32 Å². The molecule has 1 amide bonds. The first kappa shape index (κ1) is 17.5. The normalized spacial score (nSPS) is 15.4. The van der Waals surface area contributed by atoms with Crippen LogP contribution in [0.3, 0.4) is 0 Å². The van der Waals surface area contributed by atoms with Crippen LogP contribution in [0.15, 0.2) is 24.3 Å². The van der Waals surface area contributed by atoms with Gasteiger partial charge in [-0.05, 0) is 36.7 Å². The Morgan fingerprint density at radius 3 is 2.90 bits per heavy atom. The predicted octanol–water partition coefficient (Wildman–Crippen LogP) is 2.09. The summed E-state index contributed by atoms with van der Waals surface area (Å²) in [6.45, 7) is 3.22. The third-order valence-corrected chi connectivity index (χ3v) is 3.25. The number of halogens is 2. The van der Waals surface area contributed by atoms with Gasteiger partial charge in [-0.3, -0.25) is 4.79 Å². The summed E-state index contributed by atoms with van der Waals surface area (Å²) in [5, 5.41) is 3.24. The summed E-state index contributed by atoms with van der Waals surface area (Å²) in [7, 11) is 1.42. The molecule has 6 heteroatoms. The van der Waals surface area contributed by atoms with Gasteiger partial charge in [0, 0.05) is 25.7 Å². The van der Waals surface area contributed by atoms with E-state index in [0.717, 1.165) is 26.1 Å². The highest BCUT2D eigenvalue weighted by Gasteiger charge is 2.12. The van der Waals surface area contributed by atoms with E-state index >= 15 is 0 Å². The summed E-state index contributed by atoms with van der Waals surface area (Å²) in [5.74, 6) is -0.266. The number of hydrogen-bond donors (Lipinski definition) is 1. The number of amides is 1. The minimum Gasteiger partial charge on any atom is -0.494 e. The van der Waals surface area contributed by atoms with E-state index < -0.39 is 5.82 Å². The van der Waals surface area contributed by atoms with Crippen LogP contribution in [0.2, 0.25) is 0 Å². The Kier molecular flexibility index (Phi) is 7.19. The number of ether oxygens (including phenoxy) is 1. The maximum atomic E-state index is 13.5. The topological polar surface area (TPSA) is 41.6 Å². The Balaban J connectivity index is 0.00000220. The number of carbonyl (C=O) groups excluding carboxylic acids is 1. The van der Waals surface area contributed by atoms with Crippen LogP contribution in [-0.4, -0.2) is 44.1 Å². The van der Waals surface area contributed by atoms with E-state index in [-0.39, 0.29) is 24.1 Å². The lowest BCUT2D eigenvalue weighted by atomic mass is 10.2. The quantitative estimate of drug-likeness (QED) is 0.869. The van der Waals surface area contributed by atoms with Gasteiger partial charge in [-0.15, -0.1) is 12.4 Å².